The van der Waals surface area contributed by atoms with Crippen molar-refractivity contribution in [2.45, 2.75) is 32.0 Å². The van der Waals surface area contributed by atoms with Gasteiger partial charge in [0.2, 0.25) is 5.78 Å². The molecule has 1 heterocycles. The summed E-state index contributed by atoms with van der Waals surface area (Å²) in [5, 5.41) is 0. The van der Waals surface area contributed by atoms with Gasteiger partial charge < -0.3 is 9.47 Å². The van der Waals surface area contributed by atoms with Crippen molar-refractivity contribution >= 4 is 11.8 Å². The van der Waals surface area contributed by atoms with E-state index in [1.165, 1.54) is 0 Å². The smallest absolute Gasteiger partial charge is 0.335 e. The minimum atomic E-state index is -1.43. The van der Waals surface area contributed by atoms with E-state index >= 15 is 0 Å². The third kappa shape index (κ3) is 1.08. The number of hydrogen-bond acceptors (Lipinski definition) is 4. The van der Waals surface area contributed by atoms with Crippen molar-refractivity contribution in [2.75, 3.05) is 6.61 Å². The van der Waals surface area contributed by atoms with Crippen molar-refractivity contribution in [1.82, 2.24) is 0 Å². The molecule has 1 aliphatic heterocycles. The van der Waals surface area contributed by atoms with Gasteiger partial charge >= 0.3 is 11.8 Å². The first-order valence-electron chi connectivity index (χ1n) is 5.45. The molecule has 16 heavy (non-hydrogen) atoms. The molecule has 3 rings (SSSR count). The van der Waals surface area contributed by atoms with Crippen LogP contribution in [0.15, 0.2) is 22.8 Å². The lowest BCUT2D eigenvalue weighted by atomic mass is 9.88. The van der Waals surface area contributed by atoms with Crippen LogP contribution in [0.1, 0.15) is 26.2 Å². The zero-order valence-electron chi connectivity index (χ0n) is 9.04. The second-order valence-electron chi connectivity index (χ2n) is 4.37. The molecule has 4 nitrogen and oxygen atoms in total. The molecular weight excluding hydrogens is 208 g/mol. The van der Waals surface area contributed by atoms with Crippen LogP contribution in [0, 0.1) is 0 Å². The molecule has 0 bridgehead atoms. The van der Waals surface area contributed by atoms with E-state index in [-0.39, 0.29) is 12.4 Å². The van der Waals surface area contributed by atoms with E-state index < -0.39 is 11.8 Å². The number of hydrogen-bond donors (Lipinski definition) is 0. The fourth-order valence-electron chi connectivity index (χ4n) is 2.68. The minimum Gasteiger partial charge on any atom is -0.419 e. The Hall–Kier alpha value is -1.42. The summed E-state index contributed by atoms with van der Waals surface area (Å²) in [6.07, 6.45) is 4.50. The number of allylic oxidation sites excluding steroid dienone is 2. The summed E-state index contributed by atoms with van der Waals surface area (Å²) in [6, 6.07) is 0. The Morgan fingerprint density at radius 3 is 2.81 bits per heavy atom. The van der Waals surface area contributed by atoms with E-state index in [2.05, 4.69) is 0 Å². The van der Waals surface area contributed by atoms with E-state index in [0.717, 1.165) is 36.0 Å². The summed E-state index contributed by atoms with van der Waals surface area (Å²) in [5.74, 6) is -2.15. The van der Waals surface area contributed by atoms with Gasteiger partial charge in [-0.15, -0.1) is 0 Å². The number of ketones is 1. The largest absolute Gasteiger partial charge is 0.419 e. The van der Waals surface area contributed by atoms with Crippen LogP contribution >= 0.6 is 0 Å². The molecule has 4 heteroatoms. The number of fused-ring (bicyclic) bond motifs is 1. The number of rotatable bonds is 0. The van der Waals surface area contributed by atoms with Gasteiger partial charge in [-0.1, -0.05) is 0 Å². The van der Waals surface area contributed by atoms with Crippen molar-refractivity contribution in [3.05, 3.63) is 22.8 Å². The van der Waals surface area contributed by atoms with Crippen molar-refractivity contribution in [2.24, 2.45) is 0 Å². The Balaban J connectivity index is 2.12. The molecule has 1 spiro atoms. The van der Waals surface area contributed by atoms with Crippen LogP contribution in [-0.4, -0.2) is 24.1 Å². The van der Waals surface area contributed by atoms with E-state index in [4.69, 9.17) is 9.47 Å². The predicted octanol–water partition coefficient (Wildman–Crippen LogP) is 1.27. The molecule has 0 aromatic heterocycles. The molecule has 2 aliphatic carbocycles. The second kappa shape index (κ2) is 3.04. The van der Waals surface area contributed by atoms with Gasteiger partial charge in [0.15, 0.2) is 0 Å². The zero-order chi connectivity index (χ0) is 11.3. The summed E-state index contributed by atoms with van der Waals surface area (Å²) in [6.45, 7) is 1.68. The zero-order valence-corrected chi connectivity index (χ0v) is 9.04. The van der Waals surface area contributed by atoms with Gasteiger partial charge in [0.05, 0.1) is 0 Å². The Kier molecular flexibility index (Phi) is 1.86. The van der Waals surface area contributed by atoms with Gasteiger partial charge in [0, 0.05) is 5.57 Å². The first-order valence-corrected chi connectivity index (χ1v) is 5.45. The monoisotopic (exact) mass is 220 g/mol. The quantitative estimate of drug-likeness (QED) is 0.577. The Morgan fingerprint density at radius 1 is 1.31 bits per heavy atom. The highest BCUT2D eigenvalue weighted by molar-refractivity contribution is 6.03. The molecular formula is C12H12O4. The molecule has 0 aromatic rings. The second-order valence-corrected chi connectivity index (χ2v) is 4.37. The molecule has 1 unspecified atom stereocenters. The first kappa shape index (κ1) is 9.78. The lowest BCUT2D eigenvalue weighted by molar-refractivity contribution is -0.171. The highest BCUT2D eigenvalue weighted by atomic mass is 16.8. The normalized spacial score (nSPS) is 33.2. The van der Waals surface area contributed by atoms with Gasteiger partial charge in [-0.25, -0.2) is 4.79 Å². The topological polar surface area (TPSA) is 52.6 Å². The number of esters is 1. The average molecular weight is 220 g/mol. The van der Waals surface area contributed by atoms with Crippen molar-refractivity contribution in [3.8, 4) is 0 Å². The van der Waals surface area contributed by atoms with Crippen LogP contribution in [0.2, 0.25) is 0 Å². The highest BCUT2D eigenvalue weighted by Gasteiger charge is 2.52. The van der Waals surface area contributed by atoms with Gasteiger partial charge in [-0.2, -0.15) is 0 Å². The average Bonchev–Trinajstić information content (AvgIpc) is 2.83. The molecule has 1 saturated carbocycles. The Bertz CT molecular complexity index is 458. The third-order valence-corrected chi connectivity index (χ3v) is 3.49. The molecule has 1 atom stereocenters. The molecule has 0 radical (unpaired) electrons. The van der Waals surface area contributed by atoms with Gasteiger partial charge in [-0.05, 0) is 43.4 Å². The maximum absolute atomic E-state index is 12.0. The van der Waals surface area contributed by atoms with Crippen LogP contribution in [0.4, 0.5) is 0 Å². The maximum Gasteiger partial charge on any atom is 0.335 e. The summed E-state index contributed by atoms with van der Waals surface area (Å²) >= 11 is 0. The van der Waals surface area contributed by atoms with Gasteiger partial charge in [0.25, 0.3) is 0 Å². The summed E-state index contributed by atoms with van der Waals surface area (Å²) in [4.78, 5) is 23.2. The fourth-order valence-corrected chi connectivity index (χ4v) is 2.68. The van der Waals surface area contributed by atoms with Crippen LogP contribution in [0.5, 0.6) is 0 Å². The number of carbonyl (C=O) groups is 2. The van der Waals surface area contributed by atoms with E-state index in [1.54, 1.807) is 6.08 Å². The van der Waals surface area contributed by atoms with Crippen LogP contribution in [0.3, 0.4) is 0 Å². The van der Waals surface area contributed by atoms with Crippen LogP contribution < -0.4 is 0 Å². The van der Waals surface area contributed by atoms with Crippen molar-refractivity contribution in [1.29, 1.82) is 0 Å². The lowest BCUT2D eigenvalue weighted by Crippen LogP contribution is -2.43. The summed E-state index contributed by atoms with van der Waals surface area (Å²) in [7, 11) is 0. The fraction of sp³-hybridized carbons (Fsp3) is 0.500. The lowest BCUT2D eigenvalue weighted by Gasteiger charge is -2.29. The minimum absolute atomic E-state index is 0.139. The molecule has 2 fully saturated rings. The van der Waals surface area contributed by atoms with Crippen LogP contribution in [-0.2, 0) is 19.1 Å². The van der Waals surface area contributed by atoms with E-state index in [0.29, 0.717) is 0 Å². The third-order valence-electron chi connectivity index (χ3n) is 3.49. The van der Waals surface area contributed by atoms with E-state index in [1.807, 2.05) is 6.92 Å². The SMILES string of the molecule is CC1=C2CCCC2=CC(=O)C12OCC(=O)O2. The molecule has 84 valence electrons. The highest BCUT2D eigenvalue weighted by Crippen LogP contribution is 2.43. The summed E-state index contributed by atoms with van der Waals surface area (Å²) in [5.41, 5.74) is 2.98. The molecule has 0 N–H and O–H groups in total. The number of ether oxygens (including phenoxy) is 2. The van der Waals surface area contributed by atoms with Gasteiger partial charge in [-0.3, -0.25) is 4.79 Å². The molecule has 1 saturated heterocycles. The predicted molar refractivity (Wildman–Crippen MR) is 54.4 cm³/mol. The Labute approximate surface area is 92.9 Å². The molecule has 3 aliphatic rings. The first-order chi connectivity index (χ1) is 7.63. The number of carbonyl (C=O) groups excluding carboxylic acids is 2. The Morgan fingerprint density at radius 2 is 2.12 bits per heavy atom. The molecule has 0 amide bonds. The summed E-state index contributed by atoms with van der Waals surface area (Å²) < 4.78 is 10.4. The van der Waals surface area contributed by atoms with Crippen LogP contribution in [0.25, 0.3) is 0 Å². The van der Waals surface area contributed by atoms with E-state index in [9.17, 15) is 9.59 Å². The van der Waals surface area contributed by atoms with Crippen molar-refractivity contribution < 1.29 is 19.1 Å². The standard InChI is InChI=1S/C12H12O4/c1-7-9-4-2-3-8(9)5-10(13)12(7)15-6-11(14)16-12/h5H,2-4,6H2,1H3. The maximum atomic E-state index is 12.0. The molecule has 0 aromatic carbocycles. The van der Waals surface area contributed by atoms with Crippen molar-refractivity contribution in [3.63, 3.8) is 0 Å². The van der Waals surface area contributed by atoms with Gasteiger partial charge in [0.1, 0.15) is 6.61 Å².